The third-order valence-electron chi connectivity index (χ3n) is 3.05. The number of rotatable bonds is 5. The molecule has 24 heavy (non-hydrogen) atoms. The van der Waals surface area contributed by atoms with Gasteiger partial charge in [-0.25, -0.2) is 0 Å². The zero-order valence-electron chi connectivity index (χ0n) is 11.5. The van der Waals surface area contributed by atoms with E-state index < -0.39 is 42.3 Å². The lowest BCUT2D eigenvalue weighted by atomic mass is 10.0. The van der Waals surface area contributed by atoms with Gasteiger partial charge in [0.25, 0.3) is 22.7 Å². The summed E-state index contributed by atoms with van der Waals surface area (Å²) >= 11 is 0. The maximum atomic E-state index is 11.2. The van der Waals surface area contributed by atoms with Crippen LogP contribution in [0.2, 0.25) is 0 Å². The zero-order valence-corrected chi connectivity index (χ0v) is 11.5. The zero-order chi connectivity index (χ0) is 18.0. The normalized spacial score (nSPS) is 10.2. The van der Waals surface area contributed by atoms with E-state index in [1.54, 1.807) is 0 Å². The topological polar surface area (TPSA) is 173 Å². The average Bonchev–Trinajstić information content (AvgIpc) is 2.53. The number of nitro benzene ring substituents is 4. The van der Waals surface area contributed by atoms with Crippen molar-refractivity contribution in [1.82, 2.24) is 0 Å². The minimum atomic E-state index is -0.989. The Kier molecular flexibility index (Phi) is 4.13. The molecule has 0 aliphatic carbocycles. The first-order valence-corrected chi connectivity index (χ1v) is 6.08. The molecular weight excluding hydrogens is 328 g/mol. The molecule has 2 aromatic carbocycles. The first kappa shape index (κ1) is 16.4. The first-order valence-electron chi connectivity index (χ1n) is 6.08. The Bertz CT molecular complexity index is 842. The molecule has 0 aliphatic rings. The minimum absolute atomic E-state index is 0.0473. The Labute approximate surface area is 131 Å². The second kappa shape index (κ2) is 6.04. The molecule has 0 unspecified atom stereocenters. The monoisotopic (exact) mass is 334 g/mol. The van der Waals surface area contributed by atoms with Crippen LogP contribution < -0.4 is 0 Å². The second-order valence-electron chi connectivity index (χ2n) is 4.43. The van der Waals surface area contributed by atoms with Crippen molar-refractivity contribution < 1.29 is 19.7 Å². The van der Waals surface area contributed by atoms with Gasteiger partial charge in [-0.2, -0.15) is 0 Å². The molecule has 0 radical (unpaired) electrons. The van der Waals surface area contributed by atoms with Crippen LogP contribution in [0, 0.1) is 40.5 Å². The predicted octanol–water partition coefficient (Wildman–Crippen LogP) is 2.99. The molecule has 0 aliphatic heterocycles. The maximum absolute atomic E-state index is 11.2. The van der Waals surface area contributed by atoms with Gasteiger partial charge in [0.05, 0.1) is 31.8 Å². The number of non-ortho nitro benzene ring substituents is 2. The lowest BCUT2D eigenvalue weighted by Gasteiger charge is -2.05. The average molecular weight is 334 g/mol. The molecule has 2 aromatic rings. The van der Waals surface area contributed by atoms with Crippen LogP contribution >= 0.6 is 0 Å². The van der Waals surface area contributed by atoms with E-state index in [0.29, 0.717) is 12.1 Å². The molecule has 0 aromatic heterocycles. The summed E-state index contributed by atoms with van der Waals surface area (Å²) in [5, 5.41) is 43.8. The fraction of sp³-hybridized carbons (Fsp3) is 0. The van der Waals surface area contributed by atoms with E-state index in [1.807, 2.05) is 0 Å². The van der Waals surface area contributed by atoms with Gasteiger partial charge in [0.1, 0.15) is 5.56 Å². The van der Waals surface area contributed by atoms with Gasteiger partial charge in [-0.1, -0.05) is 0 Å². The fourth-order valence-corrected chi connectivity index (χ4v) is 2.04. The van der Waals surface area contributed by atoms with E-state index >= 15 is 0 Å². The Morgan fingerprint density at radius 3 is 1.33 bits per heavy atom. The highest BCUT2D eigenvalue weighted by Crippen LogP contribution is 2.41. The Morgan fingerprint density at radius 2 is 1.00 bits per heavy atom. The van der Waals surface area contributed by atoms with Crippen molar-refractivity contribution >= 4 is 22.7 Å². The molecule has 0 spiro atoms. The van der Waals surface area contributed by atoms with Gasteiger partial charge in [0.15, 0.2) is 0 Å². The van der Waals surface area contributed by atoms with Crippen molar-refractivity contribution in [3.05, 3.63) is 76.9 Å². The summed E-state index contributed by atoms with van der Waals surface area (Å²) in [4.78, 5) is 40.1. The van der Waals surface area contributed by atoms with Crippen molar-refractivity contribution in [1.29, 1.82) is 0 Å². The van der Waals surface area contributed by atoms with Crippen LogP contribution in [0.1, 0.15) is 0 Å². The van der Waals surface area contributed by atoms with Crippen LogP contribution in [0.4, 0.5) is 22.7 Å². The van der Waals surface area contributed by atoms with E-state index in [1.165, 1.54) is 0 Å². The van der Waals surface area contributed by atoms with Gasteiger partial charge in [-0.15, -0.1) is 0 Å². The SMILES string of the molecule is O=[N+]([O-])c1ccc(-c2c([N+](=O)[O-])cc([N+](=O)[O-])cc2[N+](=O)[O-])cc1. The Morgan fingerprint density at radius 1 is 0.583 bits per heavy atom. The molecule has 0 saturated carbocycles. The van der Waals surface area contributed by atoms with E-state index in [2.05, 4.69) is 0 Å². The van der Waals surface area contributed by atoms with Crippen LogP contribution in [0.3, 0.4) is 0 Å². The maximum Gasteiger partial charge on any atom is 0.291 e. The second-order valence-corrected chi connectivity index (χ2v) is 4.43. The highest BCUT2D eigenvalue weighted by Gasteiger charge is 2.31. The van der Waals surface area contributed by atoms with Crippen LogP contribution in [0.15, 0.2) is 36.4 Å². The molecule has 12 nitrogen and oxygen atoms in total. The van der Waals surface area contributed by atoms with Gasteiger partial charge in [0, 0.05) is 12.1 Å². The van der Waals surface area contributed by atoms with Crippen LogP contribution in [-0.4, -0.2) is 19.7 Å². The summed E-state index contributed by atoms with van der Waals surface area (Å²) in [6, 6.07) is 5.43. The smallest absolute Gasteiger partial charge is 0.258 e. The van der Waals surface area contributed by atoms with E-state index in [9.17, 15) is 40.5 Å². The largest absolute Gasteiger partial charge is 0.291 e. The third kappa shape index (κ3) is 2.96. The molecule has 0 fully saturated rings. The van der Waals surface area contributed by atoms with Crippen LogP contribution in [-0.2, 0) is 0 Å². The molecule has 0 N–H and O–H groups in total. The highest BCUT2D eigenvalue weighted by molar-refractivity contribution is 5.84. The van der Waals surface area contributed by atoms with Gasteiger partial charge in [-0.3, -0.25) is 40.5 Å². The van der Waals surface area contributed by atoms with Gasteiger partial charge in [-0.05, 0) is 17.7 Å². The standard InChI is InChI=1S/C12H6N4O8/c17-13(18)8-3-1-7(2-4-8)12-10(15(21)22)5-9(14(19)20)6-11(12)16(23)24/h1-6H. The Balaban J connectivity index is 2.79. The summed E-state index contributed by atoms with van der Waals surface area (Å²) in [7, 11) is 0. The summed E-state index contributed by atoms with van der Waals surface area (Å²) in [5.74, 6) is 0. The molecule has 0 heterocycles. The van der Waals surface area contributed by atoms with Gasteiger partial charge in [0.2, 0.25) is 0 Å². The van der Waals surface area contributed by atoms with Crippen molar-refractivity contribution in [3.63, 3.8) is 0 Å². The van der Waals surface area contributed by atoms with E-state index in [0.717, 1.165) is 24.3 Å². The van der Waals surface area contributed by atoms with Crippen LogP contribution in [0.5, 0.6) is 0 Å². The van der Waals surface area contributed by atoms with Crippen LogP contribution in [0.25, 0.3) is 11.1 Å². The van der Waals surface area contributed by atoms with Gasteiger partial charge >= 0.3 is 0 Å². The number of hydrogen-bond acceptors (Lipinski definition) is 8. The summed E-state index contributed by atoms with van der Waals surface area (Å²) < 4.78 is 0. The molecule has 12 heteroatoms. The van der Waals surface area contributed by atoms with Gasteiger partial charge < -0.3 is 0 Å². The minimum Gasteiger partial charge on any atom is -0.258 e. The molecule has 2 rings (SSSR count). The summed E-state index contributed by atoms with van der Waals surface area (Å²) in [6.45, 7) is 0. The van der Waals surface area contributed by atoms with Crippen molar-refractivity contribution in [3.8, 4) is 11.1 Å². The quantitative estimate of drug-likeness (QED) is 0.592. The molecule has 0 amide bonds. The first-order chi connectivity index (χ1) is 11.2. The number of benzene rings is 2. The molecular formula is C12H6N4O8. The van der Waals surface area contributed by atoms with Crippen molar-refractivity contribution in [2.75, 3.05) is 0 Å². The van der Waals surface area contributed by atoms with E-state index in [4.69, 9.17) is 0 Å². The summed E-state index contributed by atoms with van der Waals surface area (Å²) in [5.41, 5.74) is -3.32. The molecule has 122 valence electrons. The third-order valence-corrected chi connectivity index (χ3v) is 3.05. The lowest BCUT2D eigenvalue weighted by Crippen LogP contribution is -2.00. The number of hydrogen-bond donors (Lipinski definition) is 0. The Hall–Kier alpha value is -3.96. The van der Waals surface area contributed by atoms with Crippen molar-refractivity contribution in [2.45, 2.75) is 0 Å². The van der Waals surface area contributed by atoms with E-state index in [-0.39, 0.29) is 11.3 Å². The fourth-order valence-electron chi connectivity index (χ4n) is 2.04. The lowest BCUT2D eigenvalue weighted by molar-refractivity contribution is -0.402. The number of nitro groups is 4. The van der Waals surface area contributed by atoms with Crippen molar-refractivity contribution in [2.24, 2.45) is 0 Å². The number of nitrogens with zero attached hydrogens (tertiary/aromatic N) is 4. The predicted molar refractivity (Wildman–Crippen MR) is 78.5 cm³/mol. The molecule has 0 bridgehead atoms. The molecule has 0 saturated heterocycles. The molecule has 0 atom stereocenters. The summed E-state index contributed by atoms with van der Waals surface area (Å²) in [6.07, 6.45) is 0. The highest BCUT2D eigenvalue weighted by atomic mass is 16.6.